The van der Waals surface area contributed by atoms with Crippen molar-refractivity contribution in [2.45, 2.75) is 25.7 Å². The molecule has 0 aliphatic heterocycles. The van der Waals surface area contributed by atoms with Crippen molar-refractivity contribution in [1.82, 2.24) is 10.0 Å². The summed E-state index contributed by atoms with van der Waals surface area (Å²) in [6.07, 6.45) is 2.69. The van der Waals surface area contributed by atoms with Crippen LogP contribution in [0.5, 0.6) is 0 Å². The molecule has 1 rings (SSSR count). The third-order valence-electron chi connectivity index (χ3n) is 3.04. The van der Waals surface area contributed by atoms with E-state index in [0.717, 1.165) is 18.4 Å². The first-order valence-electron chi connectivity index (χ1n) is 6.85. The number of amides is 1. The Labute approximate surface area is 125 Å². The molecule has 118 valence electrons. The fraction of sp³-hybridized carbons (Fsp3) is 0.500. The molecule has 0 bridgehead atoms. The van der Waals surface area contributed by atoms with E-state index in [9.17, 15) is 17.6 Å². The number of carbonyl (C=O) groups excluding carboxylic acids is 1. The number of hydrogen-bond acceptors (Lipinski definition) is 3. The van der Waals surface area contributed by atoms with Crippen molar-refractivity contribution in [3.8, 4) is 0 Å². The number of nitrogens with one attached hydrogen (secondary N) is 2. The highest BCUT2D eigenvalue weighted by Gasteiger charge is 2.07. The van der Waals surface area contributed by atoms with Crippen molar-refractivity contribution in [3.05, 3.63) is 35.6 Å². The van der Waals surface area contributed by atoms with Crippen LogP contribution in [0.2, 0.25) is 0 Å². The van der Waals surface area contributed by atoms with Crippen molar-refractivity contribution >= 4 is 15.9 Å². The Hall–Kier alpha value is -1.47. The highest BCUT2D eigenvalue weighted by Crippen LogP contribution is 2.08. The summed E-state index contributed by atoms with van der Waals surface area (Å²) in [6, 6.07) is 6.31. The molecular formula is C14H21FN2O3S. The van der Waals surface area contributed by atoms with Gasteiger partial charge in [0.15, 0.2) is 0 Å². The normalized spacial score (nSPS) is 11.3. The number of sulfonamides is 1. The fourth-order valence-electron chi connectivity index (χ4n) is 1.78. The van der Waals surface area contributed by atoms with Crippen LogP contribution in [-0.4, -0.2) is 33.7 Å². The van der Waals surface area contributed by atoms with Gasteiger partial charge in [-0.25, -0.2) is 17.5 Å². The second-order valence-corrected chi connectivity index (χ2v) is 6.75. The van der Waals surface area contributed by atoms with Gasteiger partial charge in [0.05, 0.1) is 5.75 Å². The third kappa shape index (κ3) is 7.77. The van der Waals surface area contributed by atoms with E-state index in [4.69, 9.17) is 0 Å². The molecule has 0 aromatic heterocycles. The zero-order chi connectivity index (χ0) is 15.7. The summed E-state index contributed by atoms with van der Waals surface area (Å²) in [5.41, 5.74) is 1.04. The molecule has 0 saturated carbocycles. The van der Waals surface area contributed by atoms with Gasteiger partial charge >= 0.3 is 0 Å². The fourth-order valence-corrected chi connectivity index (χ4v) is 2.36. The van der Waals surface area contributed by atoms with Crippen molar-refractivity contribution in [2.24, 2.45) is 0 Å². The number of halogens is 1. The molecule has 21 heavy (non-hydrogen) atoms. The van der Waals surface area contributed by atoms with E-state index in [1.54, 1.807) is 12.1 Å². The van der Waals surface area contributed by atoms with Crippen molar-refractivity contribution in [3.63, 3.8) is 0 Å². The average Bonchev–Trinajstić information content (AvgIpc) is 2.45. The first kappa shape index (κ1) is 17.6. The topological polar surface area (TPSA) is 75.3 Å². The summed E-state index contributed by atoms with van der Waals surface area (Å²) >= 11 is 0. The molecule has 1 aromatic carbocycles. The zero-order valence-electron chi connectivity index (χ0n) is 12.1. The summed E-state index contributed by atoms with van der Waals surface area (Å²) in [5, 5.41) is 2.57. The molecule has 0 aliphatic carbocycles. The lowest BCUT2D eigenvalue weighted by Gasteiger charge is -2.06. The molecule has 2 N–H and O–H groups in total. The molecule has 0 radical (unpaired) electrons. The van der Waals surface area contributed by atoms with E-state index < -0.39 is 10.0 Å². The zero-order valence-corrected chi connectivity index (χ0v) is 12.9. The highest BCUT2D eigenvalue weighted by atomic mass is 32.2. The molecule has 0 aliphatic rings. The summed E-state index contributed by atoms with van der Waals surface area (Å²) < 4.78 is 37.2. The first-order chi connectivity index (χ1) is 9.93. The lowest BCUT2D eigenvalue weighted by atomic mass is 10.1. The second kappa shape index (κ2) is 8.74. The van der Waals surface area contributed by atoms with Gasteiger partial charge in [-0.3, -0.25) is 4.79 Å². The van der Waals surface area contributed by atoms with E-state index >= 15 is 0 Å². The van der Waals surface area contributed by atoms with Crippen LogP contribution in [0.1, 0.15) is 24.8 Å². The largest absolute Gasteiger partial charge is 0.355 e. The van der Waals surface area contributed by atoms with Gasteiger partial charge in [0.1, 0.15) is 5.82 Å². The molecule has 0 unspecified atom stereocenters. The van der Waals surface area contributed by atoms with Gasteiger partial charge in [-0.05, 0) is 44.0 Å². The Bertz CT molecular complexity index is 544. The summed E-state index contributed by atoms with van der Waals surface area (Å²) in [4.78, 5) is 11.5. The lowest BCUT2D eigenvalue weighted by molar-refractivity contribution is -0.121. The molecule has 1 amide bonds. The van der Waals surface area contributed by atoms with Crippen LogP contribution in [0.4, 0.5) is 4.39 Å². The Morgan fingerprint density at radius 1 is 1.19 bits per heavy atom. The van der Waals surface area contributed by atoms with Crippen molar-refractivity contribution < 1.29 is 17.6 Å². The summed E-state index contributed by atoms with van der Waals surface area (Å²) in [5.74, 6) is -0.528. The molecule has 0 fully saturated rings. The maximum absolute atomic E-state index is 12.7. The Balaban J connectivity index is 2.12. The minimum absolute atomic E-state index is 0.111. The van der Waals surface area contributed by atoms with Gasteiger partial charge in [0.2, 0.25) is 15.9 Å². The number of unbranched alkanes of at least 4 members (excludes halogenated alkanes) is 1. The van der Waals surface area contributed by atoms with Crippen LogP contribution >= 0.6 is 0 Å². The highest BCUT2D eigenvalue weighted by molar-refractivity contribution is 7.89. The standard InChI is InChI=1S/C14H21FN2O3S/c1-16-21(19,20)11-10-17-14(18)5-3-2-4-12-6-8-13(15)9-7-12/h6-9,16H,2-5,10-11H2,1H3,(H,17,18). The van der Waals surface area contributed by atoms with Crippen LogP contribution in [0.25, 0.3) is 0 Å². The average molecular weight is 316 g/mol. The monoisotopic (exact) mass is 316 g/mol. The van der Waals surface area contributed by atoms with Gasteiger partial charge in [-0.2, -0.15) is 0 Å². The van der Waals surface area contributed by atoms with Crippen LogP contribution in [-0.2, 0) is 21.2 Å². The molecule has 0 heterocycles. The number of benzene rings is 1. The van der Waals surface area contributed by atoms with Crippen LogP contribution in [0.15, 0.2) is 24.3 Å². The van der Waals surface area contributed by atoms with E-state index in [1.165, 1.54) is 19.2 Å². The minimum Gasteiger partial charge on any atom is -0.355 e. The summed E-state index contributed by atoms with van der Waals surface area (Å²) in [7, 11) is -1.94. The van der Waals surface area contributed by atoms with Gasteiger partial charge in [0, 0.05) is 13.0 Å². The minimum atomic E-state index is -3.28. The van der Waals surface area contributed by atoms with Crippen LogP contribution in [0.3, 0.4) is 0 Å². The van der Waals surface area contributed by atoms with Crippen LogP contribution in [0, 0.1) is 5.82 Å². The van der Waals surface area contributed by atoms with E-state index in [-0.39, 0.29) is 24.0 Å². The maximum Gasteiger partial charge on any atom is 0.220 e. The third-order valence-corrected chi connectivity index (χ3v) is 4.40. The molecule has 0 saturated heterocycles. The number of aryl methyl sites for hydroxylation is 1. The number of rotatable bonds is 9. The quantitative estimate of drug-likeness (QED) is 0.672. The smallest absolute Gasteiger partial charge is 0.220 e. The molecule has 0 atom stereocenters. The first-order valence-corrected chi connectivity index (χ1v) is 8.50. The van der Waals surface area contributed by atoms with Gasteiger partial charge in [-0.1, -0.05) is 12.1 Å². The van der Waals surface area contributed by atoms with E-state index in [0.29, 0.717) is 12.8 Å². The molecule has 1 aromatic rings. The molecule has 7 heteroatoms. The predicted molar refractivity (Wildman–Crippen MR) is 79.8 cm³/mol. The Kier molecular flexibility index (Phi) is 7.31. The second-order valence-electron chi connectivity index (χ2n) is 4.71. The Morgan fingerprint density at radius 3 is 2.48 bits per heavy atom. The SMILES string of the molecule is CNS(=O)(=O)CCNC(=O)CCCCc1ccc(F)cc1. The van der Waals surface area contributed by atoms with Crippen molar-refractivity contribution in [2.75, 3.05) is 19.3 Å². The lowest BCUT2D eigenvalue weighted by Crippen LogP contribution is -2.32. The van der Waals surface area contributed by atoms with E-state index in [2.05, 4.69) is 10.0 Å². The molecular weight excluding hydrogens is 295 g/mol. The number of hydrogen-bond donors (Lipinski definition) is 2. The van der Waals surface area contributed by atoms with Crippen LogP contribution < -0.4 is 10.0 Å². The maximum atomic E-state index is 12.7. The molecule has 5 nitrogen and oxygen atoms in total. The van der Waals surface area contributed by atoms with Crippen molar-refractivity contribution in [1.29, 1.82) is 0 Å². The van der Waals surface area contributed by atoms with Gasteiger partial charge < -0.3 is 5.32 Å². The van der Waals surface area contributed by atoms with Gasteiger partial charge in [-0.15, -0.1) is 0 Å². The number of carbonyl (C=O) groups is 1. The predicted octanol–water partition coefficient (Wildman–Crippen LogP) is 1.20. The molecule has 0 spiro atoms. The Morgan fingerprint density at radius 2 is 1.86 bits per heavy atom. The van der Waals surface area contributed by atoms with Gasteiger partial charge in [0.25, 0.3) is 0 Å². The summed E-state index contributed by atoms with van der Waals surface area (Å²) in [6.45, 7) is 0.111. The van der Waals surface area contributed by atoms with E-state index in [1.807, 2.05) is 0 Å².